The zero-order valence-electron chi connectivity index (χ0n) is 30.2. The highest BCUT2D eigenvalue weighted by Gasteiger charge is 2.03. The minimum absolute atomic E-state index is 0.716. The normalized spacial score (nSPS) is 12.4. The molecule has 0 N–H and O–H groups in total. The van der Waals surface area contributed by atoms with E-state index in [9.17, 15) is 0 Å². The molecule has 0 saturated heterocycles. The van der Waals surface area contributed by atoms with Gasteiger partial charge < -0.3 is 0 Å². The molecule has 0 aliphatic rings. The zero-order valence-corrected chi connectivity index (χ0v) is 30.2. The van der Waals surface area contributed by atoms with Crippen molar-refractivity contribution in [2.75, 3.05) is 0 Å². The molecule has 0 aliphatic heterocycles. The summed E-state index contributed by atoms with van der Waals surface area (Å²) in [6, 6.07) is 0. The molecule has 0 aromatic carbocycles. The van der Waals surface area contributed by atoms with Gasteiger partial charge >= 0.3 is 0 Å². The predicted octanol–water partition coefficient (Wildman–Crippen LogP) is 16.3. The zero-order chi connectivity index (χ0) is 30.4. The maximum absolute atomic E-state index is 4.46. The smallest absolute Gasteiger partial charge is 0.0414 e. The molecule has 0 heteroatoms. The summed E-state index contributed by atoms with van der Waals surface area (Å²) >= 11 is 0. The Balaban J connectivity index is 3.12. The second-order valence-electron chi connectivity index (χ2n) is 14.5. The Morgan fingerprint density at radius 3 is 0.548 bits per heavy atom. The van der Waals surface area contributed by atoms with Crippen molar-refractivity contribution >= 4 is 0 Å². The Morgan fingerprint density at radius 2 is 0.381 bits per heavy atom. The van der Waals surface area contributed by atoms with E-state index in [2.05, 4.69) is 20.8 Å². The first-order valence-electron chi connectivity index (χ1n) is 20.6. The third kappa shape index (κ3) is 38.0. The minimum Gasteiger partial charge on any atom is -0.0654 e. The topological polar surface area (TPSA) is 0 Å². The average Bonchev–Trinajstić information content (AvgIpc) is 3.00. The van der Waals surface area contributed by atoms with Crippen LogP contribution < -0.4 is 0 Å². The van der Waals surface area contributed by atoms with Gasteiger partial charge in [0.25, 0.3) is 0 Å². The van der Waals surface area contributed by atoms with E-state index in [0.717, 1.165) is 0 Å². The van der Waals surface area contributed by atoms with Crippen molar-refractivity contribution in [1.82, 2.24) is 0 Å². The molecule has 0 nitrogen and oxygen atoms in total. The van der Waals surface area contributed by atoms with Crippen LogP contribution in [0.4, 0.5) is 0 Å². The van der Waals surface area contributed by atoms with E-state index in [4.69, 9.17) is 0 Å². The average molecular weight is 590 g/mol. The fourth-order valence-corrected chi connectivity index (χ4v) is 6.81. The van der Waals surface area contributed by atoms with Crippen LogP contribution in [0.3, 0.4) is 0 Å². The van der Waals surface area contributed by atoms with Gasteiger partial charge in [0.05, 0.1) is 0 Å². The molecule has 0 aliphatic carbocycles. The largest absolute Gasteiger partial charge is 0.0654 e. The molecule has 1 radical (unpaired) electrons. The molecule has 0 bridgehead atoms. The van der Waals surface area contributed by atoms with Gasteiger partial charge in [0, 0.05) is 0 Å². The van der Waals surface area contributed by atoms with Crippen molar-refractivity contribution < 1.29 is 0 Å². The first-order chi connectivity index (χ1) is 20.8. The lowest BCUT2D eigenvalue weighted by Gasteiger charge is -2.11. The highest BCUT2D eigenvalue weighted by Crippen LogP contribution is 2.20. The van der Waals surface area contributed by atoms with Gasteiger partial charge in [-0.15, -0.1) is 0 Å². The van der Waals surface area contributed by atoms with E-state index in [1.165, 1.54) is 244 Å². The van der Waals surface area contributed by atoms with E-state index >= 15 is 0 Å². The van der Waals surface area contributed by atoms with Crippen molar-refractivity contribution in [2.24, 2.45) is 5.92 Å². The second-order valence-corrected chi connectivity index (χ2v) is 14.5. The molecule has 0 rings (SSSR count). The van der Waals surface area contributed by atoms with E-state index in [-0.39, 0.29) is 0 Å². The summed E-state index contributed by atoms with van der Waals surface area (Å²) in [5, 5.41) is 0. The highest BCUT2D eigenvalue weighted by atomic mass is 14.1. The summed E-state index contributed by atoms with van der Waals surface area (Å²) in [4.78, 5) is 0. The summed E-state index contributed by atoms with van der Waals surface area (Å²) in [5.41, 5.74) is 0. The molecule has 0 saturated carbocycles. The Bertz CT molecular complexity index is 439. The molecule has 0 spiro atoms. The van der Waals surface area contributed by atoms with Gasteiger partial charge in [-0.25, -0.2) is 0 Å². The van der Waals surface area contributed by atoms with E-state index in [1.54, 1.807) is 0 Å². The molecule has 0 amide bonds. The van der Waals surface area contributed by atoms with Crippen LogP contribution in [0, 0.1) is 12.8 Å². The van der Waals surface area contributed by atoms with Gasteiger partial charge in [0.1, 0.15) is 0 Å². The van der Waals surface area contributed by atoms with Crippen LogP contribution in [0.1, 0.15) is 258 Å². The first-order valence-corrected chi connectivity index (χ1v) is 20.6. The maximum atomic E-state index is 4.46. The van der Waals surface area contributed by atoms with Crippen LogP contribution in [0.25, 0.3) is 0 Å². The molecular formula is C42H85. The molecule has 1 unspecified atom stereocenters. The van der Waals surface area contributed by atoms with E-state index in [1.807, 2.05) is 0 Å². The molecule has 1 atom stereocenters. The second kappa shape index (κ2) is 39.0. The van der Waals surface area contributed by atoms with Gasteiger partial charge in [0.15, 0.2) is 0 Å². The summed E-state index contributed by atoms with van der Waals surface area (Å²) < 4.78 is 0. The fraction of sp³-hybridized carbons (Fsp3) is 0.976. The third-order valence-electron chi connectivity index (χ3n) is 9.93. The van der Waals surface area contributed by atoms with Crippen molar-refractivity contribution in [2.45, 2.75) is 258 Å². The molecule has 253 valence electrons. The van der Waals surface area contributed by atoms with Crippen LogP contribution in [0.2, 0.25) is 0 Å². The van der Waals surface area contributed by atoms with Crippen LogP contribution in [0.15, 0.2) is 0 Å². The standard InChI is InChI=1S/C42H85/c1-4-6-8-10-12-14-16-18-19-20-21-22-23-24-25-26-27-28-29-31-33-35-37-39-41-42(3)40-38-36-34-32-30-17-15-13-11-9-7-5-2/h42H,3-41H2,1-2H3. The van der Waals surface area contributed by atoms with Gasteiger partial charge in [0.2, 0.25) is 0 Å². The maximum Gasteiger partial charge on any atom is -0.0414 e. The van der Waals surface area contributed by atoms with Crippen molar-refractivity contribution in [3.05, 3.63) is 6.92 Å². The lowest BCUT2D eigenvalue weighted by Crippen LogP contribution is -1.95. The first kappa shape index (κ1) is 42.0. The Hall–Kier alpha value is 0. The predicted molar refractivity (Wildman–Crippen MR) is 196 cm³/mol. The monoisotopic (exact) mass is 590 g/mol. The summed E-state index contributed by atoms with van der Waals surface area (Å²) in [6.45, 7) is 9.07. The van der Waals surface area contributed by atoms with Crippen LogP contribution in [-0.2, 0) is 0 Å². The summed E-state index contributed by atoms with van der Waals surface area (Å²) in [5.74, 6) is 0.716. The van der Waals surface area contributed by atoms with Crippen LogP contribution >= 0.6 is 0 Å². The van der Waals surface area contributed by atoms with Crippen LogP contribution in [0.5, 0.6) is 0 Å². The summed E-state index contributed by atoms with van der Waals surface area (Å²) in [7, 11) is 0. The van der Waals surface area contributed by atoms with Crippen molar-refractivity contribution in [1.29, 1.82) is 0 Å². The molecule has 42 heavy (non-hydrogen) atoms. The Morgan fingerprint density at radius 1 is 0.238 bits per heavy atom. The number of unbranched alkanes of at least 4 members (excludes halogenated alkanes) is 34. The minimum atomic E-state index is 0.716. The Labute approximate surface area is 270 Å². The summed E-state index contributed by atoms with van der Waals surface area (Å²) in [6.07, 6.45) is 55.5. The lowest BCUT2D eigenvalue weighted by molar-refractivity contribution is 0.459. The number of hydrogen-bond acceptors (Lipinski definition) is 0. The van der Waals surface area contributed by atoms with Crippen LogP contribution in [-0.4, -0.2) is 0 Å². The molecule has 0 aromatic heterocycles. The number of rotatable bonds is 38. The molecule has 0 aromatic rings. The Kier molecular flexibility index (Phi) is 39.0. The third-order valence-corrected chi connectivity index (χ3v) is 9.93. The van der Waals surface area contributed by atoms with E-state index in [0.29, 0.717) is 5.92 Å². The van der Waals surface area contributed by atoms with Crippen molar-refractivity contribution in [3.8, 4) is 0 Å². The SMILES string of the molecule is [CH2]C(CCCCCCCCCCCCCC)CCCCCCCCCCCCCCCCCCCCCCCCCC. The van der Waals surface area contributed by atoms with E-state index < -0.39 is 0 Å². The highest BCUT2D eigenvalue weighted by molar-refractivity contribution is 4.62. The fourth-order valence-electron chi connectivity index (χ4n) is 6.81. The van der Waals surface area contributed by atoms with Gasteiger partial charge in [-0.05, 0) is 5.92 Å². The van der Waals surface area contributed by atoms with Crippen molar-refractivity contribution in [3.63, 3.8) is 0 Å². The lowest BCUT2D eigenvalue weighted by atomic mass is 9.95. The quantitative estimate of drug-likeness (QED) is 0.0628. The van der Waals surface area contributed by atoms with Gasteiger partial charge in [-0.2, -0.15) is 0 Å². The van der Waals surface area contributed by atoms with Gasteiger partial charge in [-0.3, -0.25) is 0 Å². The number of hydrogen-bond donors (Lipinski definition) is 0. The molecule has 0 heterocycles. The van der Waals surface area contributed by atoms with Gasteiger partial charge in [-0.1, -0.05) is 265 Å². The molecule has 0 fully saturated rings. The molecular weight excluding hydrogens is 504 g/mol.